The monoisotopic (exact) mass is 478 g/mol. The number of nitrogens with zero attached hydrogens (tertiary/aromatic N) is 1. The molecule has 1 atom stereocenters. The maximum absolute atomic E-state index is 12.7. The highest BCUT2D eigenvalue weighted by atomic mass is 79.9. The van der Waals surface area contributed by atoms with E-state index in [1.54, 1.807) is 49.4 Å². The smallest absolute Gasteiger partial charge is 0.265 e. The Bertz CT molecular complexity index is 865. The van der Waals surface area contributed by atoms with Crippen molar-refractivity contribution in [3.05, 3.63) is 57.5 Å². The maximum atomic E-state index is 12.7. The van der Waals surface area contributed by atoms with E-state index in [1.807, 2.05) is 4.90 Å². The molecular formula is C22H24BrClN2O3. The minimum Gasteiger partial charge on any atom is -0.480 e. The van der Waals surface area contributed by atoms with Crippen molar-refractivity contribution >= 4 is 45.0 Å². The van der Waals surface area contributed by atoms with Gasteiger partial charge in [-0.1, -0.05) is 24.4 Å². The number of hydrogen-bond acceptors (Lipinski definition) is 3. The third-order valence-corrected chi connectivity index (χ3v) is 5.71. The van der Waals surface area contributed by atoms with E-state index in [0.717, 1.165) is 25.9 Å². The summed E-state index contributed by atoms with van der Waals surface area (Å²) >= 11 is 9.30. The van der Waals surface area contributed by atoms with Crippen LogP contribution in [0.2, 0.25) is 5.02 Å². The minimum atomic E-state index is -0.703. The number of anilines is 1. The standard InChI is InChI=1S/C22H24BrClN2O3/c1-15(29-20-11-8-17(24)14-19(20)23)21(27)25-18-9-6-16(7-10-18)22(28)26-12-4-2-3-5-13-26/h6-11,14-15H,2-5,12-13H2,1H3,(H,25,27). The number of ether oxygens (including phenoxy) is 1. The van der Waals surface area contributed by atoms with Gasteiger partial charge in [0, 0.05) is 29.4 Å². The van der Waals surface area contributed by atoms with E-state index < -0.39 is 6.10 Å². The first kappa shape index (κ1) is 21.7. The van der Waals surface area contributed by atoms with Gasteiger partial charge in [0.05, 0.1) is 4.47 Å². The lowest BCUT2D eigenvalue weighted by atomic mass is 10.1. The van der Waals surface area contributed by atoms with Crippen LogP contribution in [0, 0.1) is 0 Å². The van der Waals surface area contributed by atoms with Crippen molar-refractivity contribution in [1.82, 2.24) is 4.90 Å². The van der Waals surface area contributed by atoms with Gasteiger partial charge in [-0.3, -0.25) is 9.59 Å². The summed E-state index contributed by atoms with van der Waals surface area (Å²) in [6.07, 6.45) is 3.78. The van der Waals surface area contributed by atoms with Crippen LogP contribution in [0.3, 0.4) is 0 Å². The second-order valence-corrected chi connectivity index (χ2v) is 8.40. The van der Waals surface area contributed by atoms with E-state index in [1.165, 1.54) is 12.8 Å². The van der Waals surface area contributed by atoms with Crippen molar-refractivity contribution in [2.24, 2.45) is 0 Å². The van der Waals surface area contributed by atoms with Gasteiger partial charge in [-0.05, 0) is 78.2 Å². The molecule has 2 aromatic carbocycles. The van der Waals surface area contributed by atoms with Crippen molar-refractivity contribution < 1.29 is 14.3 Å². The Morgan fingerprint density at radius 3 is 2.34 bits per heavy atom. The summed E-state index contributed by atoms with van der Waals surface area (Å²) in [6, 6.07) is 12.1. The Hall–Kier alpha value is -2.05. The van der Waals surface area contributed by atoms with Gasteiger partial charge in [0.15, 0.2) is 6.10 Å². The second kappa shape index (κ2) is 10.1. The lowest BCUT2D eigenvalue weighted by Crippen LogP contribution is -2.32. The topological polar surface area (TPSA) is 58.6 Å². The molecule has 1 fully saturated rings. The summed E-state index contributed by atoms with van der Waals surface area (Å²) in [5.41, 5.74) is 1.26. The summed E-state index contributed by atoms with van der Waals surface area (Å²) in [7, 11) is 0. The van der Waals surface area contributed by atoms with Crippen LogP contribution in [0.1, 0.15) is 43.0 Å². The van der Waals surface area contributed by atoms with E-state index in [-0.39, 0.29) is 11.8 Å². The van der Waals surface area contributed by atoms with E-state index in [4.69, 9.17) is 16.3 Å². The molecule has 1 N–H and O–H groups in total. The van der Waals surface area contributed by atoms with Crippen molar-refractivity contribution in [2.75, 3.05) is 18.4 Å². The molecule has 0 aliphatic carbocycles. The molecule has 0 aromatic heterocycles. The Morgan fingerprint density at radius 1 is 1.07 bits per heavy atom. The molecule has 1 aliphatic heterocycles. The molecule has 1 unspecified atom stereocenters. The van der Waals surface area contributed by atoms with Gasteiger partial charge in [-0.2, -0.15) is 0 Å². The van der Waals surface area contributed by atoms with Crippen LogP contribution in [0.25, 0.3) is 0 Å². The number of hydrogen-bond donors (Lipinski definition) is 1. The predicted molar refractivity (Wildman–Crippen MR) is 119 cm³/mol. The summed E-state index contributed by atoms with van der Waals surface area (Å²) in [5.74, 6) is 0.308. The maximum Gasteiger partial charge on any atom is 0.265 e. The van der Waals surface area contributed by atoms with Crippen molar-refractivity contribution in [1.29, 1.82) is 0 Å². The fraction of sp³-hybridized carbons (Fsp3) is 0.364. The van der Waals surface area contributed by atoms with Crippen molar-refractivity contribution in [2.45, 2.75) is 38.7 Å². The normalized spacial score (nSPS) is 15.3. The zero-order valence-electron chi connectivity index (χ0n) is 16.3. The van der Waals surface area contributed by atoms with E-state index in [9.17, 15) is 9.59 Å². The number of carbonyl (C=O) groups excluding carboxylic acids is 2. The third-order valence-electron chi connectivity index (χ3n) is 4.86. The first-order valence-corrected chi connectivity index (χ1v) is 10.9. The molecule has 7 heteroatoms. The lowest BCUT2D eigenvalue weighted by Gasteiger charge is -2.20. The molecule has 0 radical (unpaired) electrons. The largest absolute Gasteiger partial charge is 0.480 e. The molecule has 29 heavy (non-hydrogen) atoms. The minimum absolute atomic E-state index is 0.0501. The molecule has 1 heterocycles. The van der Waals surface area contributed by atoms with Gasteiger partial charge in [-0.15, -0.1) is 0 Å². The average molecular weight is 480 g/mol. The molecule has 2 amide bonds. The van der Waals surface area contributed by atoms with Crippen molar-refractivity contribution in [3.63, 3.8) is 0 Å². The highest BCUT2D eigenvalue weighted by Gasteiger charge is 2.19. The highest BCUT2D eigenvalue weighted by Crippen LogP contribution is 2.29. The van der Waals surface area contributed by atoms with Crippen LogP contribution < -0.4 is 10.1 Å². The van der Waals surface area contributed by atoms with Gasteiger partial charge in [0.1, 0.15) is 5.75 Å². The van der Waals surface area contributed by atoms with Gasteiger partial charge in [-0.25, -0.2) is 0 Å². The Morgan fingerprint density at radius 2 is 1.72 bits per heavy atom. The molecule has 1 saturated heterocycles. The van der Waals surface area contributed by atoms with Crippen LogP contribution in [0.15, 0.2) is 46.9 Å². The fourth-order valence-electron chi connectivity index (χ4n) is 3.21. The second-order valence-electron chi connectivity index (χ2n) is 7.11. The SMILES string of the molecule is CC(Oc1ccc(Cl)cc1Br)C(=O)Nc1ccc(C(=O)N2CCCCCC2)cc1. The number of halogens is 2. The highest BCUT2D eigenvalue weighted by molar-refractivity contribution is 9.10. The van der Waals surface area contributed by atoms with Gasteiger partial charge in [0.25, 0.3) is 11.8 Å². The van der Waals surface area contributed by atoms with Crippen LogP contribution in [-0.2, 0) is 4.79 Å². The van der Waals surface area contributed by atoms with E-state index in [0.29, 0.717) is 26.5 Å². The van der Waals surface area contributed by atoms with Crippen LogP contribution in [-0.4, -0.2) is 35.9 Å². The number of amides is 2. The Balaban J connectivity index is 1.58. The zero-order valence-corrected chi connectivity index (χ0v) is 18.6. The average Bonchev–Trinajstić information content (AvgIpc) is 2.99. The molecule has 2 aromatic rings. The van der Waals surface area contributed by atoms with Crippen LogP contribution >= 0.6 is 27.5 Å². The number of nitrogens with one attached hydrogen (secondary N) is 1. The molecule has 3 rings (SSSR count). The number of carbonyl (C=O) groups is 2. The molecule has 0 saturated carbocycles. The first-order valence-electron chi connectivity index (χ1n) is 9.76. The van der Waals surface area contributed by atoms with E-state index in [2.05, 4.69) is 21.2 Å². The van der Waals surface area contributed by atoms with E-state index >= 15 is 0 Å². The molecule has 1 aliphatic rings. The Kier molecular flexibility index (Phi) is 7.56. The van der Waals surface area contributed by atoms with Crippen LogP contribution in [0.5, 0.6) is 5.75 Å². The summed E-state index contributed by atoms with van der Waals surface area (Å²) < 4.78 is 6.39. The summed E-state index contributed by atoms with van der Waals surface area (Å²) in [6.45, 7) is 3.30. The van der Waals surface area contributed by atoms with Gasteiger partial charge < -0.3 is 15.0 Å². The lowest BCUT2D eigenvalue weighted by molar-refractivity contribution is -0.122. The zero-order chi connectivity index (χ0) is 20.8. The number of rotatable bonds is 5. The predicted octanol–water partition coefficient (Wildman–Crippen LogP) is 5.52. The summed E-state index contributed by atoms with van der Waals surface area (Å²) in [4.78, 5) is 27.0. The number of benzene rings is 2. The molecule has 154 valence electrons. The first-order chi connectivity index (χ1) is 13.9. The third kappa shape index (κ3) is 5.97. The number of likely N-dealkylation sites (tertiary alicyclic amines) is 1. The van der Waals surface area contributed by atoms with Crippen molar-refractivity contribution in [3.8, 4) is 5.75 Å². The molecule has 0 bridgehead atoms. The van der Waals surface area contributed by atoms with Crippen LogP contribution in [0.4, 0.5) is 5.69 Å². The summed E-state index contributed by atoms with van der Waals surface area (Å²) in [5, 5.41) is 3.40. The van der Waals surface area contributed by atoms with Gasteiger partial charge in [0.2, 0.25) is 0 Å². The molecule has 0 spiro atoms. The molecular weight excluding hydrogens is 456 g/mol. The molecule has 5 nitrogen and oxygen atoms in total. The Labute approximate surface area is 184 Å². The fourth-order valence-corrected chi connectivity index (χ4v) is 3.99. The quantitative estimate of drug-likeness (QED) is 0.614. The van der Waals surface area contributed by atoms with Gasteiger partial charge >= 0.3 is 0 Å².